The molecule has 0 saturated heterocycles. The molecule has 92 valence electrons. The number of hydrogen-bond donors (Lipinski definition) is 2. The Balaban J connectivity index is 1.88. The van der Waals surface area contributed by atoms with E-state index in [1.165, 1.54) is 19.3 Å². The van der Waals surface area contributed by atoms with Crippen molar-refractivity contribution in [1.82, 2.24) is 9.97 Å². The van der Waals surface area contributed by atoms with E-state index < -0.39 is 0 Å². The average Bonchev–Trinajstić information content (AvgIpc) is 2.73. The highest BCUT2D eigenvalue weighted by Crippen LogP contribution is 2.30. The fourth-order valence-electron chi connectivity index (χ4n) is 2.31. The van der Waals surface area contributed by atoms with Gasteiger partial charge in [-0.25, -0.2) is 9.97 Å². The van der Waals surface area contributed by atoms with Crippen LogP contribution < -0.4 is 11.1 Å². The van der Waals surface area contributed by atoms with Gasteiger partial charge < -0.3 is 11.1 Å². The summed E-state index contributed by atoms with van der Waals surface area (Å²) < 4.78 is 0. The van der Waals surface area contributed by atoms with Gasteiger partial charge in [-0.3, -0.25) is 0 Å². The maximum Gasteiger partial charge on any atom is 0.144 e. The lowest BCUT2D eigenvalue weighted by molar-refractivity contribution is 0.439. The van der Waals surface area contributed by atoms with E-state index in [1.807, 2.05) is 0 Å². The number of nitrogens with two attached hydrogens (primary N) is 1. The summed E-state index contributed by atoms with van der Waals surface area (Å²) in [6.07, 6.45) is 7.31. The summed E-state index contributed by atoms with van der Waals surface area (Å²) in [7, 11) is 0. The molecular formula is C12H18N4S. The van der Waals surface area contributed by atoms with Gasteiger partial charge in [-0.05, 0) is 18.3 Å². The molecule has 2 atom stereocenters. The topological polar surface area (TPSA) is 63.8 Å². The maximum absolute atomic E-state index is 5.46. The first-order chi connectivity index (χ1) is 8.16. The molecule has 0 aliphatic heterocycles. The quantitative estimate of drug-likeness (QED) is 0.800. The van der Waals surface area contributed by atoms with E-state index in [1.54, 1.807) is 12.4 Å². The molecule has 17 heavy (non-hydrogen) atoms. The van der Waals surface area contributed by atoms with Crippen molar-refractivity contribution < 1.29 is 0 Å². The standard InChI is InChI=1S/C12H18N4S/c1-8-3-2-4-9(8)5-15-11-7-14-10(6-16-11)12(13)17/h6-9H,2-5H2,1H3,(H2,13,17)(H,15,16). The molecular weight excluding hydrogens is 232 g/mol. The number of rotatable bonds is 4. The lowest BCUT2D eigenvalue weighted by Gasteiger charge is -2.16. The van der Waals surface area contributed by atoms with Crippen molar-refractivity contribution in [2.24, 2.45) is 17.6 Å². The Bertz CT molecular complexity index is 390. The molecule has 4 nitrogen and oxygen atoms in total. The molecule has 2 rings (SSSR count). The number of nitrogens with one attached hydrogen (secondary N) is 1. The average molecular weight is 250 g/mol. The van der Waals surface area contributed by atoms with Crippen LogP contribution in [0.15, 0.2) is 12.4 Å². The van der Waals surface area contributed by atoms with Crippen molar-refractivity contribution in [3.8, 4) is 0 Å². The number of hydrogen-bond acceptors (Lipinski definition) is 4. The molecule has 0 radical (unpaired) electrons. The third-order valence-electron chi connectivity index (χ3n) is 3.49. The van der Waals surface area contributed by atoms with Crippen LogP contribution in [-0.4, -0.2) is 21.5 Å². The Morgan fingerprint density at radius 1 is 1.47 bits per heavy atom. The van der Waals surface area contributed by atoms with E-state index in [0.717, 1.165) is 24.2 Å². The molecule has 2 unspecified atom stereocenters. The highest BCUT2D eigenvalue weighted by molar-refractivity contribution is 7.80. The van der Waals surface area contributed by atoms with Crippen LogP contribution in [0.2, 0.25) is 0 Å². The third kappa shape index (κ3) is 3.12. The van der Waals surface area contributed by atoms with Crippen LogP contribution in [0, 0.1) is 11.8 Å². The molecule has 1 aliphatic rings. The van der Waals surface area contributed by atoms with Gasteiger partial charge in [0, 0.05) is 6.54 Å². The second kappa shape index (κ2) is 5.40. The van der Waals surface area contributed by atoms with Crippen LogP contribution >= 0.6 is 12.2 Å². The fourth-order valence-corrected chi connectivity index (χ4v) is 2.41. The summed E-state index contributed by atoms with van der Waals surface area (Å²) in [5, 5.41) is 3.33. The Hall–Kier alpha value is -1.23. The van der Waals surface area contributed by atoms with Gasteiger partial charge >= 0.3 is 0 Å². The number of anilines is 1. The van der Waals surface area contributed by atoms with E-state index in [2.05, 4.69) is 22.2 Å². The molecule has 1 fully saturated rings. The summed E-state index contributed by atoms with van der Waals surface area (Å²) in [6, 6.07) is 0. The number of thiocarbonyl (C=S) groups is 1. The first kappa shape index (κ1) is 12.2. The van der Waals surface area contributed by atoms with Crippen molar-refractivity contribution >= 4 is 23.0 Å². The summed E-state index contributed by atoms with van der Waals surface area (Å²) in [5.41, 5.74) is 6.03. The maximum atomic E-state index is 5.46. The van der Waals surface area contributed by atoms with Crippen LogP contribution in [0.1, 0.15) is 31.9 Å². The van der Waals surface area contributed by atoms with Gasteiger partial charge in [-0.15, -0.1) is 0 Å². The number of aromatic nitrogens is 2. The second-order valence-electron chi connectivity index (χ2n) is 4.70. The number of nitrogens with zero attached hydrogens (tertiary/aromatic N) is 2. The van der Waals surface area contributed by atoms with Gasteiger partial charge in [-0.2, -0.15) is 0 Å². The van der Waals surface area contributed by atoms with E-state index in [9.17, 15) is 0 Å². The molecule has 0 aromatic carbocycles. The molecule has 0 bridgehead atoms. The molecule has 5 heteroatoms. The zero-order valence-corrected chi connectivity index (χ0v) is 10.8. The van der Waals surface area contributed by atoms with E-state index in [4.69, 9.17) is 18.0 Å². The predicted octanol–water partition coefficient (Wildman–Crippen LogP) is 1.96. The lowest BCUT2D eigenvalue weighted by Crippen LogP contribution is -2.18. The van der Waals surface area contributed by atoms with Crippen LogP contribution in [0.3, 0.4) is 0 Å². The SMILES string of the molecule is CC1CCCC1CNc1cnc(C(N)=S)cn1. The van der Waals surface area contributed by atoms with Gasteiger partial charge in [-0.1, -0.05) is 32.0 Å². The van der Waals surface area contributed by atoms with E-state index in [-0.39, 0.29) is 4.99 Å². The Kier molecular flexibility index (Phi) is 3.89. The first-order valence-corrected chi connectivity index (χ1v) is 6.43. The molecule has 1 heterocycles. The van der Waals surface area contributed by atoms with E-state index >= 15 is 0 Å². The smallest absolute Gasteiger partial charge is 0.144 e. The van der Waals surface area contributed by atoms with Crippen molar-refractivity contribution in [3.05, 3.63) is 18.1 Å². The minimum atomic E-state index is 0.286. The lowest BCUT2D eigenvalue weighted by atomic mass is 9.98. The third-order valence-corrected chi connectivity index (χ3v) is 3.70. The largest absolute Gasteiger partial charge is 0.388 e. The van der Waals surface area contributed by atoms with Gasteiger partial charge in [0.1, 0.15) is 16.5 Å². The molecule has 3 N–H and O–H groups in total. The Labute approximate surface area is 107 Å². The minimum absolute atomic E-state index is 0.286. The van der Waals surface area contributed by atoms with Gasteiger partial charge in [0.25, 0.3) is 0 Å². The molecule has 0 spiro atoms. The van der Waals surface area contributed by atoms with Crippen molar-refractivity contribution in [2.75, 3.05) is 11.9 Å². The van der Waals surface area contributed by atoms with Crippen LogP contribution in [-0.2, 0) is 0 Å². The highest BCUT2D eigenvalue weighted by atomic mass is 32.1. The fraction of sp³-hybridized carbons (Fsp3) is 0.583. The summed E-state index contributed by atoms with van der Waals surface area (Å²) in [6.45, 7) is 3.29. The zero-order valence-electron chi connectivity index (χ0n) is 10.0. The summed E-state index contributed by atoms with van der Waals surface area (Å²) in [5.74, 6) is 2.36. The Morgan fingerprint density at radius 3 is 2.82 bits per heavy atom. The molecule has 1 aliphatic carbocycles. The second-order valence-corrected chi connectivity index (χ2v) is 5.14. The van der Waals surface area contributed by atoms with Gasteiger partial charge in [0.15, 0.2) is 0 Å². The first-order valence-electron chi connectivity index (χ1n) is 6.02. The van der Waals surface area contributed by atoms with Gasteiger partial charge in [0.05, 0.1) is 12.4 Å². The molecule has 1 aromatic rings. The van der Waals surface area contributed by atoms with Crippen molar-refractivity contribution in [2.45, 2.75) is 26.2 Å². The van der Waals surface area contributed by atoms with Gasteiger partial charge in [0.2, 0.25) is 0 Å². The van der Waals surface area contributed by atoms with Crippen molar-refractivity contribution in [1.29, 1.82) is 0 Å². The summed E-state index contributed by atoms with van der Waals surface area (Å²) in [4.78, 5) is 8.68. The minimum Gasteiger partial charge on any atom is -0.388 e. The Morgan fingerprint density at radius 2 is 2.29 bits per heavy atom. The predicted molar refractivity (Wildman–Crippen MR) is 72.9 cm³/mol. The van der Waals surface area contributed by atoms with Crippen molar-refractivity contribution in [3.63, 3.8) is 0 Å². The summed E-state index contributed by atoms with van der Waals surface area (Å²) >= 11 is 4.83. The zero-order chi connectivity index (χ0) is 12.3. The van der Waals surface area contributed by atoms with E-state index in [0.29, 0.717) is 5.69 Å². The highest BCUT2D eigenvalue weighted by Gasteiger charge is 2.22. The van der Waals surface area contributed by atoms with Crippen LogP contribution in [0.4, 0.5) is 5.82 Å². The normalized spacial score (nSPS) is 23.6. The van der Waals surface area contributed by atoms with Crippen LogP contribution in [0.5, 0.6) is 0 Å². The molecule has 1 aromatic heterocycles. The molecule has 1 saturated carbocycles. The monoisotopic (exact) mass is 250 g/mol. The molecule has 0 amide bonds. The van der Waals surface area contributed by atoms with Crippen LogP contribution in [0.25, 0.3) is 0 Å².